The lowest BCUT2D eigenvalue weighted by molar-refractivity contribution is -0.117. The molecule has 0 fully saturated rings. The van der Waals surface area contributed by atoms with E-state index in [1.54, 1.807) is 31.1 Å². The van der Waals surface area contributed by atoms with Crippen LogP contribution in [0.1, 0.15) is 30.0 Å². The molecule has 0 saturated heterocycles. The highest BCUT2D eigenvalue weighted by atomic mass is 16.5. The molecule has 3 aromatic rings. The third kappa shape index (κ3) is 4.03. The largest absolute Gasteiger partial charge is 0.497 e. The first-order valence-electron chi connectivity index (χ1n) is 10.2. The van der Waals surface area contributed by atoms with E-state index < -0.39 is 5.63 Å². The van der Waals surface area contributed by atoms with Gasteiger partial charge in [-0.2, -0.15) is 0 Å². The summed E-state index contributed by atoms with van der Waals surface area (Å²) in [5, 5.41) is 3.71. The highest BCUT2D eigenvalue weighted by Gasteiger charge is 2.22. The number of aryl methyl sites for hydroxylation is 1. The molecule has 160 valence electrons. The molecule has 0 unspecified atom stereocenters. The van der Waals surface area contributed by atoms with Gasteiger partial charge in [0.2, 0.25) is 11.8 Å². The Morgan fingerprint density at radius 2 is 2.00 bits per heavy atom. The predicted octanol–water partition coefficient (Wildman–Crippen LogP) is 3.59. The summed E-state index contributed by atoms with van der Waals surface area (Å²) >= 11 is 0. The van der Waals surface area contributed by atoms with Gasteiger partial charge in [0.1, 0.15) is 11.3 Å². The molecule has 31 heavy (non-hydrogen) atoms. The number of methoxy groups -OCH3 is 1. The lowest BCUT2D eigenvalue weighted by Gasteiger charge is -2.15. The van der Waals surface area contributed by atoms with Crippen LogP contribution in [0.15, 0.2) is 45.6 Å². The van der Waals surface area contributed by atoms with Crippen LogP contribution >= 0.6 is 0 Å². The van der Waals surface area contributed by atoms with Crippen LogP contribution in [0.5, 0.6) is 5.75 Å². The summed E-state index contributed by atoms with van der Waals surface area (Å²) < 4.78 is 10.6. The second-order valence-electron chi connectivity index (χ2n) is 7.67. The molecule has 0 aliphatic carbocycles. The highest BCUT2D eigenvalue weighted by molar-refractivity contribution is 5.95. The third-order valence-corrected chi connectivity index (χ3v) is 5.74. The summed E-state index contributed by atoms with van der Waals surface area (Å²) in [7, 11) is 1.56. The van der Waals surface area contributed by atoms with Crippen LogP contribution in [0.25, 0.3) is 11.0 Å². The molecule has 0 spiro atoms. The van der Waals surface area contributed by atoms with E-state index in [2.05, 4.69) is 5.32 Å². The Balaban J connectivity index is 1.46. The van der Waals surface area contributed by atoms with Gasteiger partial charge in [-0.25, -0.2) is 4.79 Å². The first-order valence-corrected chi connectivity index (χ1v) is 10.2. The van der Waals surface area contributed by atoms with Gasteiger partial charge in [-0.15, -0.1) is 0 Å². The van der Waals surface area contributed by atoms with Gasteiger partial charge in [0, 0.05) is 48.3 Å². The fraction of sp³-hybridized carbons (Fsp3) is 0.292. The number of carbonyl (C=O) groups is 2. The number of benzene rings is 2. The quantitative estimate of drug-likeness (QED) is 0.637. The zero-order chi connectivity index (χ0) is 22.1. The topological polar surface area (TPSA) is 88.9 Å². The van der Waals surface area contributed by atoms with E-state index in [0.717, 1.165) is 28.6 Å². The zero-order valence-electron chi connectivity index (χ0n) is 17.8. The molecule has 7 heteroatoms. The van der Waals surface area contributed by atoms with E-state index in [9.17, 15) is 14.4 Å². The third-order valence-electron chi connectivity index (χ3n) is 5.74. The lowest BCUT2D eigenvalue weighted by atomic mass is 10.0. The number of nitrogens with zero attached hydrogens (tertiary/aromatic N) is 1. The zero-order valence-corrected chi connectivity index (χ0v) is 17.8. The van der Waals surface area contributed by atoms with E-state index >= 15 is 0 Å². The van der Waals surface area contributed by atoms with Gasteiger partial charge in [-0.1, -0.05) is 0 Å². The predicted molar refractivity (Wildman–Crippen MR) is 119 cm³/mol. The Morgan fingerprint density at radius 3 is 2.74 bits per heavy atom. The molecule has 7 nitrogen and oxygen atoms in total. The molecule has 4 rings (SSSR count). The Labute approximate surface area is 179 Å². The van der Waals surface area contributed by atoms with Crippen LogP contribution in [0.2, 0.25) is 0 Å². The van der Waals surface area contributed by atoms with Crippen LogP contribution in [0, 0.1) is 6.92 Å². The van der Waals surface area contributed by atoms with Crippen molar-refractivity contribution in [2.45, 2.75) is 33.1 Å². The molecule has 0 saturated carbocycles. The van der Waals surface area contributed by atoms with Crippen molar-refractivity contribution in [3.8, 4) is 5.75 Å². The van der Waals surface area contributed by atoms with Crippen molar-refractivity contribution in [1.29, 1.82) is 0 Å². The van der Waals surface area contributed by atoms with Crippen molar-refractivity contribution in [2.24, 2.45) is 0 Å². The lowest BCUT2D eigenvalue weighted by Crippen LogP contribution is -2.25. The van der Waals surface area contributed by atoms with Gasteiger partial charge in [0.05, 0.1) is 7.11 Å². The van der Waals surface area contributed by atoms with Crippen LogP contribution in [-0.4, -0.2) is 25.5 Å². The highest BCUT2D eigenvalue weighted by Crippen LogP contribution is 2.30. The minimum absolute atomic E-state index is 0.0126. The maximum absolute atomic E-state index is 12.5. The number of ether oxygens (including phenoxy) is 1. The number of rotatable bonds is 5. The van der Waals surface area contributed by atoms with E-state index in [0.29, 0.717) is 29.1 Å². The molecule has 0 atom stereocenters. The number of hydrogen-bond acceptors (Lipinski definition) is 5. The van der Waals surface area contributed by atoms with Gasteiger partial charge >= 0.3 is 5.63 Å². The second-order valence-corrected chi connectivity index (χ2v) is 7.67. The van der Waals surface area contributed by atoms with Gasteiger partial charge in [0.25, 0.3) is 0 Å². The number of anilines is 2. The molecule has 2 amide bonds. The summed E-state index contributed by atoms with van der Waals surface area (Å²) in [6, 6.07) is 10.9. The number of amides is 2. The minimum atomic E-state index is -0.437. The number of nitrogens with one attached hydrogen (secondary N) is 1. The smallest absolute Gasteiger partial charge is 0.339 e. The van der Waals surface area contributed by atoms with Crippen LogP contribution in [-0.2, 0) is 22.4 Å². The fourth-order valence-corrected chi connectivity index (χ4v) is 4.06. The molecule has 1 aromatic heterocycles. The number of hydrogen-bond donors (Lipinski definition) is 1. The standard InChI is InChI=1S/C24H24N2O5/c1-14-19-6-5-18(30-3)13-22(19)31-24(29)20(14)7-9-23(28)25-17-4-8-21-16(12-17)10-11-26(21)15(2)27/h4-6,8,12-13H,7,9-11H2,1-3H3,(H,25,28). The average molecular weight is 420 g/mol. The molecule has 0 radical (unpaired) electrons. The van der Waals surface area contributed by atoms with Crippen LogP contribution in [0.4, 0.5) is 11.4 Å². The molecule has 1 aliphatic rings. The molecule has 1 N–H and O–H groups in total. The Kier molecular flexibility index (Phi) is 5.50. The Hall–Kier alpha value is -3.61. The maximum atomic E-state index is 12.5. The SMILES string of the molecule is COc1ccc2c(C)c(CCC(=O)Nc3ccc4c(c3)CCN4C(C)=O)c(=O)oc2c1. The number of carbonyl (C=O) groups excluding carboxylic acids is 2. The van der Waals surface area contributed by atoms with Gasteiger partial charge < -0.3 is 19.4 Å². The fourth-order valence-electron chi connectivity index (χ4n) is 4.06. The molecule has 2 heterocycles. The summed E-state index contributed by atoms with van der Waals surface area (Å²) in [6.07, 6.45) is 1.20. The molecule has 0 bridgehead atoms. The summed E-state index contributed by atoms with van der Waals surface area (Å²) in [5.41, 5.74) is 3.95. The number of fused-ring (bicyclic) bond motifs is 2. The van der Waals surface area contributed by atoms with Crippen molar-refractivity contribution in [3.05, 3.63) is 63.5 Å². The molecule has 1 aliphatic heterocycles. The second kappa shape index (κ2) is 8.26. The summed E-state index contributed by atoms with van der Waals surface area (Å²) in [5.74, 6) is 0.441. The molecule has 2 aromatic carbocycles. The van der Waals surface area contributed by atoms with E-state index in [1.165, 1.54) is 0 Å². The van der Waals surface area contributed by atoms with E-state index in [1.807, 2.05) is 31.2 Å². The summed E-state index contributed by atoms with van der Waals surface area (Å²) in [4.78, 5) is 38.4. The van der Waals surface area contributed by atoms with Crippen molar-refractivity contribution in [3.63, 3.8) is 0 Å². The molecular formula is C24H24N2O5. The Morgan fingerprint density at radius 1 is 1.19 bits per heavy atom. The first kappa shape index (κ1) is 20.7. The van der Waals surface area contributed by atoms with Gasteiger partial charge in [-0.05, 0) is 61.2 Å². The monoisotopic (exact) mass is 420 g/mol. The average Bonchev–Trinajstić information content (AvgIpc) is 3.16. The van der Waals surface area contributed by atoms with Crippen molar-refractivity contribution < 1.29 is 18.7 Å². The van der Waals surface area contributed by atoms with E-state index in [-0.39, 0.29) is 24.7 Å². The normalized spacial score (nSPS) is 12.7. The van der Waals surface area contributed by atoms with Crippen molar-refractivity contribution in [1.82, 2.24) is 0 Å². The van der Waals surface area contributed by atoms with Crippen molar-refractivity contribution >= 4 is 34.2 Å². The summed E-state index contributed by atoms with van der Waals surface area (Å²) in [6.45, 7) is 4.07. The van der Waals surface area contributed by atoms with Crippen LogP contribution in [0.3, 0.4) is 0 Å². The van der Waals surface area contributed by atoms with Crippen LogP contribution < -0.4 is 20.6 Å². The van der Waals surface area contributed by atoms with Crippen molar-refractivity contribution in [2.75, 3.05) is 23.9 Å². The minimum Gasteiger partial charge on any atom is -0.497 e. The van der Waals surface area contributed by atoms with E-state index in [4.69, 9.17) is 9.15 Å². The first-order chi connectivity index (χ1) is 14.9. The molecular weight excluding hydrogens is 396 g/mol. The van der Waals surface area contributed by atoms with Gasteiger partial charge in [-0.3, -0.25) is 9.59 Å². The Bertz CT molecular complexity index is 1240. The van der Waals surface area contributed by atoms with Gasteiger partial charge in [0.15, 0.2) is 0 Å². The maximum Gasteiger partial charge on any atom is 0.339 e.